The predicted octanol–water partition coefficient (Wildman–Crippen LogP) is 1.77. The van der Waals surface area contributed by atoms with Crippen LogP contribution in [0.2, 0.25) is 0 Å². The van der Waals surface area contributed by atoms with Crippen LogP contribution in [-0.4, -0.2) is 42.1 Å². The molecule has 0 aromatic heterocycles. The Kier molecular flexibility index (Phi) is 4.02. The SMILES string of the molecule is CC(C)(C)OC(=O)N1CCC[C@H]([C@@H]2CNC(=O)C2)C1. The number of likely N-dealkylation sites (tertiary alicyclic amines) is 1. The number of nitrogens with one attached hydrogen (secondary N) is 1. The van der Waals surface area contributed by atoms with E-state index in [1.807, 2.05) is 20.8 Å². The first-order valence-corrected chi connectivity index (χ1v) is 7.10. The quantitative estimate of drug-likeness (QED) is 0.788. The first-order valence-electron chi connectivity index (χ1n) is 7.10. The van der Waals surface area contributed by atoms with Crippen LogP contribution < -0.4 is 5.32 Å². The monoisotopic (exact) mass is 268 g/mol. The van der Waals surface area contributed by atoms with Crippen molar-refractivity contribution in [3.8, 4) is 0 Å². The van der Waals surface area contributed by atoms with E-state index in [4.69, 9.17) is 4.74 Å². The second-order valence-corrected chi connectivity index (χ2v) is 6.60. The van der Waals surface area contributed by atoms with E-state index in [1.165, 1.54) is 0 Å². The van der Waals surface area contributed by atoms with Crippen molar-refractivity contribution < 1.29 is 14.3 Å². The van der Waals surface area contributed by atoms with E-state index in [0.717, 1.165) is 25.9 Å². The van der Waals surface area contributed by atoms with E-state index in [2.05, 4.69) is 5.32 Å². The third-order valence-electron chi connectivity index (χ3n) is 3.79. The van der Waals surface area contributed by atoms with Crippen LogP contribution in [0.4, 0.5) is 4.79 Å². The zero-order valence-corrected chi connectivity index (χ0v) is 12.1. The van der Waals surface area contributed by atoms with Crippen LogP contribution in [0.15, 0.2) is 0 Å². The summed E-state index contributed by atoms with van der Waals surface area (Å²) in [6.45, 7) is 7.88. The molecular formula is C14H24N2O3. The summed E-state index contributed by atoms with van der Waals surface area (Å²) in [6, 6.07) is 0. The van der Waals surface area contributed by atoms with Gasteiger partial charge >= 0.3 is 6.09 Å². The van der Waals surface area contributed by atoms with Gasteiger partial charge < -0.3 is 15.0 Å². The van der Waals surface area contributed by atoms with Gasteiger partial charge in [0.05, 0.1) is 0 Å². The Bertz CT molecular complexity index is 362. The molecule has 2 atom stereocenters. The minimum Gasteiger partial charge on any atom is -0.444 e. The molecule has 0 aromatic carbocycles. The fourth-order valence-corrected chi connectivity index (χ4v) is 2.85. The van der Waals surface area contributed by atoms with Gasteiger partial charge in [-0.1, -0.05) is 0 Å². The van der Waals surface area contributed by atoms with Crippen molar-refractivity contribution in [3.63, 3.8) is 0 Å². The van der Waals surface area contributed by atoms with Gasteiger partial charge in [-0.15, -0.1) is 0 Å². The molecule has 2 aliphatic heterocycles. The highest BCUT2D eigenvalue weighted by atomic mass is 16.6. The van der Waals surface area contributed by atoms with Gasteiger partial charge in [0, 0.05) is 26.1 Å². The molecule has 0 aromatic rings. The van der Waals surface area contributed by atoms with E-state index < -0.39 is 5.60 Å². The molecule has 2 amide bonds. The van der Waals surface area contributed by atoms with Crippen LogP contribution in [0.5, 0.6) is 0 Å². The summed E-state index contributed by atoms with van der Waals surface area (Å²) < 4.78 is 5.41. The predicted molar refractivity (Wildman–Crippen MR) is 71.6 cm³/mol. The number of hydrogen-bond donors (Lipinski definition) is 1. The molecule has 0 bridgehead atoms. The van der Waals surface area contributed by atoms with E-state index in [0.29, 0.717) is 24.8 Å². The molecule has 108 valence electrons. The third-order valence-corrected chi connectivity index (χ3v) is 3.79. The molecule has 5 heteroatoms. The van der Waals surface area contributed by atoms with E-state index in [-0.39, 0.29) is 12.0 Å². The van der Waals surface area contributed by atoms with Gasteiger partial charge in [0.15, 0.2) is 0 Å². The Labute approximate surface area is 114 Å². The van der Waals surface area contributed by atoms with Crippen LogP contribution in [0.25, 0.3) is 0 Å². The zero-order valence-electron chi connectivity index (χ0n) is 12.1. The van der Waals surface area contributed by atoms with Crippen molar-refractivity contribution in [1.29, 1.82) is 0 Å². The lowest BCUT2D eigenvalue weighted by atomic mass is 9.85. The van der Waals surface area contributed by atoms with E-state index in [1.54, 1.807) is 4.90 Å². The lowest BCUT2D eigenvalue weighted by Gasteiger charge is -2.36. The molecule has 2 rings (SSSR count). The van der Waals surface area contributed by atoms with Crippen molar-refractivity contribution in [1.82, 2.24) is 10.2 Å². The van der Waals surface area contributed by atoms with Gasteiger partial charge in [-0.2, -0.15) is 0 Å². The maximum Gasteiger partial charge on any atom is 0.410 e. The minimum atomic E-state index is -0.449. The van der Waals surface area contributed by atoms with Crippen LogP contribution >= 0.6 is 0 Å². The fraction of sp³-hybridized carbons (Fsp3) is 0.857. The van der Waals surface area contributed by atoms with Crippen molar-refractivity contribution in [2.75, 3.05) is 19.6 Å². The van der Waals surface area contributed by atoms with Gasteiger partial charge in [0.2, 0.25) is 5.91 Å². The molecule has 2 aliphatic rings. The summed E-state index contributed by atoms with van der Waals surface area (Å²) in [5, 5.41) is 2.88. The molecule has 0 radical (unpaired) electrons. The zero-order chi connectivity index (χ0) is 14.0. The average molecular weight is 268 g/mol. The Morgan fingerprint density at radius 1 is 1.37 bits per heavy atom. The number of piperidine rings is 1. The first-order chi connectivity index (χ1) is 8.85. The summed E-state index contributed by atoms with van der Waals surface area (Å²) in [6.07, 6.45) is 2.47. The standard InChI is InChI=1S/C14H24N2O3/c1-14(2,3)19-13(18)16-6-4-5-10(9-16)11-7-12(17)15-8-11/h10-11H,4-9H2,1-3H3,(H,15,17)/t10-,11-/m0/s1. The smallest absolute Gasteiger partial charge is 0.410 e. The van der Waals surface area contributed by atoms with Crippen molar-refractivity contribution in [3.05, 3.63) is 0 Å². The van der Waals surface area contributed by atoms with Crippen molar-refractivity contribution in [2.45, 2.75) is 45.6 Å². The molecule has 0 saturated carbocycles. The highest BCUT2D eigenvalue weighted by Crippen LogP contribution is 2.29. The summed E-state index contributed by atoms with van der Waals surface area (Å²) in [5.41, 5.74) is -0.449. The summed E-state index contributed by atoms with van der Waals surface area (Å²) >= 11 is 0. The normalized spacial score (nSPS) is 28.2. The molecule has 2 saturated heterocycles. The number of amides is 2. The third kappa shape index (κ3) is 3.85. The number of carbonyl (C=O) groups excluding carboxylic acids is 2. The number of hydrogen-bond acceptors (Lipinski definition) is 3. The number of nitrogens with zero attached hydrogens (tertiary/aromatic N) is 1. The fourth-order valence-electron chi connectivity index (χ4n) is 2.85. The Morgan fingerprint density at radius 2 is 2.11 bits per heavy atom. The molecule has 5 nitrogen and oxygen atoms in total. The van der Waals surface area contributed by atoms with Gasteiger partial charge in [-0.05, 0) is 45.4 Å². The molecule has 0 aliphatic carbocycles. The van der Waals surface area contributed by atoms with Crippen LogP contribution in [0, 0.1) is 11.8 Å². The van der Waals surface area contributed by atoms with Gasteiger partial charge in [-0.3, -0.25) is 4.79 Å². The van der Waals surface area contributed by atoms with Crippen molar-refractivity contribution in [2.24, 2.45) is 11.8 Å². The number of rotatable bonds is 1. The van der Waals surface area contributed by atoms with Crippen LogP contribution in [-0.2, 0) is 9.53 Å². The molecule has 2 heterocycles. The van der Waals surface area contributed by atoms with Gasteiger partial charge in [-0.25, -0.2) is 4.79 Å². The topological polar surface area (TPSA) is 58.6 Å². The summed E-state index contributed by atoms with van der Waals surface area (Å²) in [7, 11) is 0. The molecule has 19 heavy (non-hydrogen) atoms. The lowest BCUT2D eigenvalue weighted by Crippen LogP contribution is -2.44. The van der Waals surface area contributed by atoms with Gasteiger partial charge in [0.1, 0.15) is 5.60 Å². The highest BCUT2D eigenvalue weighted by Gasteiger charge is 2.34. The molecule has 1 N–H and O–H groups in total. The number of ether oxygens (including phenoxy) is 1. The lowest BCUT2D eigenvalue weighted by molar-refractivity contribution is -0.119. The Morgan fingerprint density at radius 3 is 2.68 bits per heavy atom. The second kappa shape index (κ2) is 5.39. The molecular weight excluding hydrogens is 244 g/mol. The average Bonchev–Trinajstić information content (AvgIpc) is 2.74. The minimum absolute atomic E-state index is 0.138. The van der Waals surface area contributed by atoms with Crippen molar-refractivity contribution >= 4 is 12.0 Å². The summed E-state index contributed by atoms with van der Waals surface area (Å²) in [4.78, 5) is 25.1. The summed E-state index contributed by atoms with van der Waals surface area (Å²) in [5.74, 6) is 0.928. The molecule has 0 spiro atoms. The maximum atomic E-state index is 12.1. The molecule has 2 fully saturated rings. The Hall–Kier alpha value is -1.26. The highest BCUT2D eigenvalue weighted by molar-refractivity contribution is 5.78. The van der Waals surface area contributed by atoms with E-state index in [9.17, 15) is 9.59 Å². The largest absolute Gasteiger partial charge is 0.444 e. The molecule has 0 unspecified atom stereocenters. The van der Waals surface area contributed by atoms with Crippen LogP contribution in [0.3, 0.4) is 0 Å². The van der Waals surface area contributed by atoms with E-state index >= 15 is 0 Å². The maximum absolute atomic E-state index is 12.1. The Balaban J connectivity index is 1.90. The first kappa shape index (κ1) is 14.2. The number of carbonyl (C=O) groups is 2. The second-order valence-electron chi connectivity index (χ2n) is 6.60. The van der Waals surface area contributed by atoms with Gasteiger partial charge in [0.25, 0.3) is 0 Å². The van der Waals surface area contributed by atoms with Crippen LogP contribution in [0.1, 0.15) is 40.0 Å².